The number of hydrogen-bond donors (Lipinski definition) is 1. The second kappa shape index (κ2) is 4.24. The molecule has 19 heavy (non-hydrogen) atoms. The second-order valence-electron chi connectivity index (χ2n) is 4.50. The number of nitrogens with zero attached hydrogens (tertiary/aromatic N) is 5. The van der Waals surface area contributed by atoms with Crippen LogP contribution in [0.1, 0.15) is 0 Å². The third-order valence-corrected chi connectivity index (χ3v) is 2.98. The fraction of sp³-hybridized carbons (Fsp3) is 0.154. The summed E-state index contributed by atoms with van der Waals surface area (Å²) in [5.74, 6) is 0.382. The van der Waals surface area contributed by atoms with E-state index < -0.39 is 0 Å². The molecule has 0 radical (unpaired) electrons. The van der Waals surface area contributed by atoms with Crippen molar-refractivity contribution in [1.29, 1.82) is 0 Å². The Balaban J connectivity index is 2.15. The monoisotopic (exact) mass is 254 g/mol. The van der Waals surface area contributed by atoms with Crippen LogP contribution in [0.5, 0.6) is 0 Å². The molecule has 0 aliphatic rings. The van der Waals surface area contributed by atoms with Gasteiger partial charge in [0.15, 0.2) is 5.65 Å². The van der Waals surface area contributed by atoms with Crippen LogP contribution in [0.4, 0.5) is 11.6 Å². The minimum Gasteiger partial charge on any atom is -0.378 e. The molecule has 0 unspecified atom stereocenters. The molecule has 1 aromatic carbocycles. The van der Waals surface area contributed by atoms with Crippen molar-refractivity contribution in [2.45, 2.75) is 0 Å². The summed E-state index contributed by atoms with van der Waals surface area (Å²) >= 11 is 0. The molecule has 0 fully saturated rings. The van der Waals surface area contributed by atoms with Crippen molar-refractivity contribution in [2.24, 2.45) is 0 Å². The van der Waals surface area contributed by atoms with Crippen LogP contribution in [0.15, 0.2) is 36.7 Å². The van der Waals surface area contributed by atoms with Gasteiger partial charge in [0.05, 0.1) is 5.69 Å². The number of anilines is 2. The topological polar surface area (TPSA) is 72.3 Å². The summed E-state index contributed by atoms with van der Waals surface area (Å²) in [7, 11) is 4.01. The molecule has 0 saturated heterocycles. The molecule has 0 aliphatic heterocycles. The van der Waals surface area contributed by atoms with Crippen molar-refractivity contribution in [3.63, 3.8) is 0 Å². The number of hydrogen-bond acceptors (Lipinski definition) is 5. The molecular weight excluding hydrogens is 240 g/mol. The zero-order chi connectivity index (χ0) is 13.4. The van der Waals surface area contributed by atoms with E-state index in [2.05, 4.69) is 21.2 Å². The lowest BCUT2D eigenvalue weighted by Gasteiger charge is -2.13. The first-order valence-electron chi connectivity index (χ1n) is 5.89. The zero-order valence-corrected chi connectivity index (χ0v) is 10.8. The number of fused-ring (bicyclic) bond motifs is 1. The van der Waals surface area contributed by atoms with Crippen LogP contribution in [0.2, 0.25) is 0 Å². The number of rotatable bonds is 2. The van der Waals surface area contributed by atoms with Crippen LogP contribution in [0, 0.1) is 0 Å². The lowest BCUT2D eigenvalue weighted by molar-refractivity contribution is 1.08. The first-order valence-corrected chi connectivity index (χ1v) is 5.89. The van der Waals surface area contributed by atoms with Gasteiger partial charge in [-0.2, -0.15) is 0 Å². The van der Waals surface area contributed by atoms with Crippen LogP contribution < -0.4 is 10.6 Å². The van der Waals surface area contributed by atoms with Gasteiger partial charge in [-0.25, -0.2) is 4.98 Å². The standard InChI is InChI=1S/C13H14N6/c1-18(2)10-5-3-4-9(6-10)11-7-12-17-15-8-19(12)13(14)16-11/h3-8H,1-2H3,(H2,14,16). The summed E-state index contributed by atoms with van der Waals surface area (Å²) < 4.78 is 1.65. The van der Waals surface area contributed by atoms with Crippen LogP contribution in [0.25, 0.3) is 16.9 Å². The predicted octanol–water partition coefficient (Wildman–Crippen LogP) is 1.44. The van der Waals surface area contributed by atoms with E-state index in [4.69, 9.17) is 5.73 Å². The molecule has 2 aromatic heterocycles. The molecule has 3 aromatic rings. The molecule has 0 aliphatic carbocycles. The molecular formula is C13H14N6. The van der Waals surface area contributed by atoms with Crippen LogP contribution in [0.3, 0.4) is 0 Å². The van der Waals surface area contributed by atoms with Crippen molar-refractivity contribution < 1.29 is 0 Å². The lowest BCUT2D eigenvalue weighted by Crippen LogP contribution is -2.08. The molecule has 6 nitrogen and oxygen atoms in total. The van der Waals surface area contributed by atoms with Gasteiger partial charge in [0, 0.05) is 31.4 Å². The average molecular weight is 254 g/mol. The van der Waals surface area contributed by atoms with Gasteiger partial charge in [0.2, 0.25) is 5.95 Å². The Labute approximate surface area is 110 Å². The Kier molecular flexibility index (Phi) is 2.56. The normalized spacial score (nSPS) is 10.8. The Bertz CT molecular complexity index is 731. The third-order valence-electron chi connectivity index (χ3n) is 2.98. The first kappa shape index (κ1) is 11.5. The highest BCUT2D eigenvalue weighted by atomic mass is 15.3. The van der Waals surface area contributed by atoms with Crippen LogP contribution in [-0.4, -0.2) is 33.7 Å². The van der Waals surface area contributed by atoms with Gasteiger partial charge in [-0.15, -0.1) is 10.2 Å². The van der Waals surface area contributed by atoms with Gasteiger partial charge in [0.1, 0.15) is 6.33 Å². The molecule has 3 rings (SSSR count). The third kappa shape index (κ3) is 1.97. The smallest absolute Gasteiger partial charge is 0.207 e. The highest BCUT2D eigenvalue weighted by Gasteiger charge is 2.07. The van der Waals surface area contributed by atoms with E-state index in [-0.39, 0.29) is 0 Å². The Morgan fingerprint density at radius 2 is 2.05 bits per heavy atom. The SMILES string of the molecule is CN(C)c1cccc(-c2cc3nncn3c(N)n2)c1. The van der Waals surface area contributed by atoms with Crippen molar-refractivity contribution in [3.8, 4) is 11.3 Å². The Morgan fingerprint density at radius 1 is 1.21 bits per heavy atom. The molecule has 0 saturated carbocycles. The van der Waals surface area contributed by atoms with Crippen molar-refractivity contribution in [2.75, 3.05) is 24.7 Å². The maximum Gasteiger partial charge on any atom is 0.207 e. The highest BCUT2D eigenvalue weighted by Crippen LogP contribution is 2.23. The maximum absolute atomic E-state index is 5.90. The first-order chi connectivity index (χ1) is 9.15. The molecule has 0 spiro atoms. The molecule has 0 atom stereocenters. The van der Waals surface area contributed by atoms with Gasteiger partial charge >= 0.3 is 0 Å². The van der Waals surface area contributed by atoms with Crippen molar-refractivity contribution in [3.05, 3.63) is 36.7 Å². The largest absolute Gasteiger partial charge is 0.378 e. The highest BCUT2D eigenvalue weighted by molar-refractivity contribution is 5.69. The van der Waals surface area contributed by atoms with Crippen molar-refractivity contribution >= 4 is 17.3 Å². The molecule has 2 N–H and O–H groups in total. The number of aromatic nitrogens is 4. The van der Waals surface area contributed by atoms with Gasteiger partial charge in [-0.05, 0) is 12.1 Å². The summed E-state index contributed by atoms with van der Waals surface area (Å²) in [5.41, 5.74) is 9.50. The molecule has 0 amide bonds. The second-order valence-corrected chi connectivity index (χ2v) is 4.50. The van der Waals surface area contributed by atoms with Gasteiger partial charge in [-0.3, -0.25) is 4.40 Å². The summed E-state index contributed by atoms with van der Waals surface area (Å²) in [5, 5.41) is 7.83. The van der Waals surface area contributed by atoms with Gasteiger partial charge < -0.3 is 10.6 Å². The zero-order valence-electron chi connectivity index (χ0n) is 10.8. The van der Waals surface area contributed by atoms with Crippen molar-refractivity contribution in [1.82, 2.24) is 19.6 Å². The lowest BCUT2D eigenvalue weighted by atomic mass is 10.1. The van der Waals surface area contributed by atoms with E-state index in [9.17, 15) is 0 Å². The fourth-order valence-corrected chi connectivity index (χ4v) is 1.94. The van der Waals surface area contributed by atoms with Crippen LogP contribution in [-0.2, 0) is 0 Å². The fourth-order valence-electron chi connectivity index (χ4n) is 1.94. The summed E-state index contributed by atoms with van der Waals surface area (Å²) in [4.78, 5) is 6.43. The number of nitrogen functional groups attached to an aromatic ring is 1. The molecule has 96 valence electrons. The van der Waals surface area contributed by atoms with Crippen LogP contribution >= 0.6 is 0 Å². The minimum absolute atomic E-state index is 0.382. The predicted molar refractivity (Wildman–Crippen MR) is 75.0 cm³/mol. The van der Waals surface area contributed by atoms with E-state index in [0.29, 0.717) is 11.6 Å². The Hall–Kier alpha value is -2.63. The summed E-state index contributed by atoms with van der Waals surface area (Å²) in [6.07, 6.45) is 1.55. The number of nitrogens with two attached hydrogens (primary N) is 1. The average Bonchev–Trinajstić information content (AvgIpc) is 2.87. The molecule has 0 bridgehead atoms. The van der Waals surface area contributed by atoms with E-state index in [1.165, 1.54) is 0 Å². The molecule has 2 heterocycles. The van der Waals surface area contributed by atoms with Gasteiger partial charge in [-0.1, -0.05) is 12.1 Å². The van der Waals surface area contributed by atoms with E-state index in [0.717, 1.165) is 16.9 Å². The number of benzene rings is 1. The van der Waals surface area contributed by atoms with E-state index >= 15 is 0 Å². The van der Waals surface area contributed by atoms with E-state index in [1.54, 1.807) is 10.7 Å². The Morgan fingerprint density at radius 3 is 2.84 bits per heavy atom. The summed E-state index contributed by atoms with van der Waals surface area (Å²) in [6.45, 7) is 0. The summed E-state index contributed by atoms with van der Waals surface area (Å²) in [6, 6.07) is 9.98. The quantitative estimate of drug-likeness (QED) is 0.749. The molecule has 6 heteroatoms. The van der Waals surface area contributed by atoms with Gasteiger partial charge in [0.25, 0.3) is 0 Å². The van der Waals surface area contributed by atoms with E-state index in [1.807, 2.05) is 43.3 Å². The maximum atomic E-state index is 5.90. The minimum atomic E-state index is 0.382.